The Balaban J connectivity index is 1.26. The second-order valence-electron chi connectivity index (χ2n) is 10.5. The van der Waals surface area contributed by atoms with E-state index in [1.807, 2.05) is 0 Å². The van der Waals surface area contributed by atoms with E-state index < -0.39 is 0 Å². The zero-order valence-corrected chi connectivity index (χ0v) is 18.0. The first-order valence-electron chi connectivity index (χ1n) is 11.9. The second-order valence-corrected chi connectivity index (χ2v) is 10.5. The third kappa shape index (κ3) is 2.79. The number of aryl methyl sites for hydroxylation is 1. The summed E-state index contributed by atoms with van der Waals surface area (Å²) in [6.07, 6.45) is 9.04. The van der Waals surface area contributed by atoms with E-state index in [0.717, 1.165) is 30.8 Å². The molecule has 2 aromatic carbocycles. The smallest absolute Gasteiger partial charge is 0.0491 e. The lowest BCUT2D eigenvalue weighted by Crippen LogP contribution is -2.54. The zero-order valence-electron chi connectivity index (χ0n) is 18.0. The molecule has 4 fully saturated rings. The van der Waals surface area contributed by atoms with Crippen LogP contribution >= 0.6 is 0 Å². The van der Waals surface area contributed by atoms with Gasteiger partial charge < -0.3 is 9.88 Å². The lowest BCUT2D eigenvalue weighted by molar-refractivity contribution is -0.0706. The minimum absolute atomic E-state index is 0.580. The van der Waals surface area contributed by atoms with Crippen LogP contribution < -0.4 is 5.32 Å². The quantitative estimate of drug-likeness (QED) is 0.529. The van der Waals surface area contributed by atoms with Gasteiger partial charge in [-0.3, -0.25) is 0 Å². The maximum Gasteiger partial charge on any atom is 0.0491 e. The van der Waals surface area contributed by atoms with Crippen molar-refractivity contribution in [3.05, 3.63) is 48.0 Å². The van der Waals surface area contributed by atoms with Crippen LogP contribution in [0.3, 0.4) is 0 Å². The van der Waals surface area contributed by atoms with Crippen LogP contribution in [0.25, 0.3) is 21.8 Å². The molecular formula is C27H34N2. The average molecular weight is 387 g/mol. The van der Waals surface area contributed by atoms with Crippen LogP contribution in [0.15, 0.2) is 42.5 Å². The van der Waals surface area contributed by atoms with Gasteiger partial charge in [-0.25, -0.2) is 0 Å². The summed E-state index contributed by atoms with van der Waals surface area (Å²) in [5.41, 5.74) is 4.73. The Labute approximate surface area is 174 Å². The molecule has 0 saturated heterocycles. The largest absolute Gasteiger partial charge is 0.341 e. The van der Waals surface area contributed by atoms with Gasteiger partial charge in [-0.15, -0.1) is 0 Å². The average Bonchev–Trinajstić information content (AvgIpc) is 3.04. The molecular weight excluding hydrogens is 352 g/mol. The summed E-state index contributed by atoms with van der Waals surface area (Å²) in [4.78, 5) is 0. The number of rotatable bonds is 5. The first-order chi connectivity index (χ1) is 14.1. The van der Waals surface area contributed by atoms with Gasteiger partial charge in [0.15, 0.2) is 0 Å². The van der Waals surface area contributed by atoms with Crippen molar-refractivity contribution >= 4 is 21.8 Å². The van der Waals surface area contributed by atoms with Crippen molar-refractivity contribution in [1.29, 1.82) is 0 Å². The molecule has 152 valence electrons. The van der Waals surface area contributed by atoms with E-state index in [-0.39, 0.29) is 0 Å². The number of hydrogen-bond acceptors (Lipinski definition) is 1. The Kier molecular flexibility index (Phi) is 4.10. The van der Waals surface area contributed by atoms with Crippen LogP contribution in [0.5, 0.6) is 0 Å². The lowest BCUT2D eigenvalue weighted by Gasteiger charge is -2.59. The van der Waals surface area contributed by atoms with Gasteiger partial charge in [0.2, 0.25) is 0 Å². The second kappa shape index (κ2) is 6.60. The number of nitrogens with zero attached hydrogens (tertiary/aromatic N) is 1. The summed E-state index contributed by atoms with van der Waals surface area (Å²) in [5, 5.41) is 6.78. The van der Waals surface area contributed by atoms with Crippen molar-refractivity contribution in [2.45, 2.75) is 71.5 Å². The summed E-state index contributed by atoms with van der Waals surface area (Å²) in [6.45, 7) is 6.73. The highest BCUT2D eigenvalue weighted by Crippen LogP contribution is 2.61. The molecule has 2 nitrogen and oxygen atoms in total. The maximum atomic E-state index is 3.98. The highest BCUT2D eigenvalue weighted by atomic mass is 15.0. The maximum absolute atomic E-state index is 3.98. The Morgan fingerprint density at radius 1 is 0.931 bits per heavy atom. The number of nitrogens with one attached hydrogen (secondary N) is 1. The summed E-state index contributed by atoms with van der Waals surface area (Å²) in [6, 6.07) is 16.6. The fourth-order valence-corrected chi connectivity index (χ4v) is 7.75. The molecule has 0 spiro atoms. The highest BCUT2D eigenvalue weighted by Gasteiger charge is 2.52. The van der Waals surface area contributed by atoms with Crippen molar-refractivity contribution in [2.75, 3.05) is 0 Å². The van der Waals surface area contributed by atoms with E-state index in [1.54, 1.807) is 0 Å². The summed E-state index contributed by atoms with van der Waals surface area (Å²) < 4.78 is 2.44. The van der Waals surface area contributed by atoms with Gasteiger partial charge in [0.25, 0.3) is 0 Å². The van der Waals surface area contributed by atoms with Gasteiger partial charge >= 0.3 is 0 Å². The number of aromatic nitrogens is 1. The number of hydrogen-bond donors (Lipinski definition) is 1. The van der Waals surface area contributed by atoms with Crippen molar-refractivity contribution in [2.24, 2.45) is 23.2 Å². The lowest BCUT2D eigenvalue weighted by atomic mass is 9.48. The topological polar surface area (TPSA) is 17.0 Å². The van der Waals surface area contributed by atoms with Crippen molar-refractivity contribution < 1.29 is 0 Å². The molecule has 0 amide bonds. The Morgan fingerprint density at radius 3 is 2.28 bits per heavy atom. The Bertz CT molecular complexity index is 1020. The van der Waals surface area contributed by atoms with E-state index in [4.69, 9.17) is 0 Å². The van der Waals surface area contributed by atoms with Gasteiger partial charge in [0.1, 0.15) is 0 Å². The molecule has 4 aliphatic rings. The van der Waals surface area contributed by atoms with Crippen LogP contribution in [-0.4, -0.2) is 10.6 Å². The zero-order chi connectivity index (χ0) is 19.6. The molecule has 4 bridgehead atoms. The fraction of sp³-hybridized carbons (Fsp3) is 0.556. The van der Waals surface area contributed by atoms with E-state index in [9.17, 15) is 0 Å². The van der Waals surface area contributed by atoms with Crippen molar-refractivity contribution in [1.82, 2.24) is 9.88 Å². The molecule has 1 heterocycles. The molecule has 1 atom stereocenters. The minimum atomic E-state index is 0.580. The first-order valence-corrected chi connectivity index (χ1v) is 11.9. The van der Waals surface area contributed by atoms with Crippen LogP contribution in [0.2, 0.25) is 0 Å². The predicted molar refractivity (Wildman–Crippen MR) is 122 cm³/mol. The van der Waals surface area contributed by atoms with Crippen LogP contribution in [0, 0.1) is 23.2 Å². The summed E-state index contributed by atoms with van der Waals surface area (Å²) in [7, 11) is 0. The third-order valence-corrected chi connectivity index (χ3v) is 8.77. The van der Waals surface area contributed by atoms with Gasteiger partial charge in [0.05, 0.1) is 0 Å². The molecule has 4 saturated carbocycles. The Morgan fingerprint density at radius 2 is 1.59 bits per heavy atom. The SMILES string of the molecule is CCn1c2ccccc2c2cc(CNC(C)C34CC5CC(CC(C5)C3)C4)ccc21. The van der Waals surface area contributed by atoms with Crippen LogP contribution in [0.1, 0.15) is 57.9 Å². The fourth-order valence-electron chi connectivity index (χ4n) is 7.75. The van der Waals surface area contributed by atoms with E-state index >= 15 is 0 Å². The van der Waals surface area contributed by atoms with Crippen molar-refractivity contribution in [3.8, 4) is 0 Å². The predicted octanol–water partition coefficient (Wildman–Crippen LogP) is 6.51. The molecule has 29 heavy (non-hydrogen) atoms. The van der Waals surface area contributed by atoms with E-state index in [2.05, 4.69) is 66.2 Å². The first kappa shape index (κ1) is 18.0. The van der Waals surface area contributed by atoms with Gasteiger partial charge in [-0.2, -0.15) is 0 Å². The number of para-hydroxylation sites is 1. The van der Waals surface area contributed by atoms with Crippen molar-refractivity contribution in [3.63, 3.8) is 0 Å². The highest BCUT2D eigenvalue weighted by molar-refractivity contribution is 6.08. The normalized spacial score (nSPS) is 31.7. The minimum Gasteiger partial charge on any atom is -0.341 e. The standard InChI is InChI=1S/C27H34N2/c1-3-29-25-7-5-4-6-23(25)24-13-19(8-9-26(24)29)17-28-18(2)27-14-20-10-21(15-27)12-22(11-20)16-27/h4-9,13,18,20-22,28H,3,10-12,14-17H2,1-2H3. The Hall–Kier alpha value is -1.80. The molecule has 4 aliphatic carbocycles. The molecule has 2 heteroatoms. The monoisotopic (exact) mass is 386 g/mol. The molecule has 1 N–H and O–H groups in total. The summed E-state index contributed by atoms with van der Waals surface area (Å²) >= 11 is 0. The number of benzene rings is 2. The van der Waals surface area contributed by atoms with Gasteiger partial charge in [0, 0.05) is 40.9 Å². The molecule has 1 unspecified atom stereocenters. The third-order valence-electron chi connectivity index (χ3n) is 8.77. The molecule has 3 aromatic rings. The van der Waals surface area contributed by atoms with E-state index in [0.29, 0.717) is 11.5 Å². The summed E-state index contributed by atoms with van der Waals surface area (Å²) in [5.74, 6) is 3.09. The van der Waals surface area contributed by atoms with E-state index in [1.165, 1.54) is 65.9 Å². The van der Waals surface area contributed by atoms with Gasteiger partial charge in [-0.1, -0.05) is 24.3 Å². The molecule has 0 radical (unpaired) electrons. The van der Waals surface area contributed by atoms with Gasteiger partial charge in [-0.05, 0) is 99.3 Å². The van der Waals surface area contributed by atoms with Crippen LogP contribution in [0.4, 0.5) is 0 Å². The molecule has 7 rings (SSSR count). The number of fused-ring (bicyclic) bond motifs is 3. The molecule has 1 aromatic heterocycles. The van der Waals surface area contributed by atoms with Crippen LogP contribution in [-0.2, 0) is 13.1 Å². The molecule has 0 aliphatic heterocycles.